The number of ether oxygens (including phenoxy) is 1. The second-order valence-corrected chi connectivity index (χ2v) is 6.70. The molecule has 0 saturated carbocycles. The van der Waals surface area contributed by atoms with E-state index in [-0.39, 0.29) is 24.4 Å². The van der Waals surface area contributed by atoms with Crippen LogP contribution >= 0.6 is 0 Å². The van der Waals surface area contributed by atoms with Gasteiger partial charge in [0.2, 0.25) is 0 Å². The zero-order valence-corrected chi connectivity index (χ0v) is 15.9. The largest absolute Gasteiger partial charge is 0.443 e. The van der Waals surface area contributed by atoms with Crippen LogP contribution in [-0.2, 0) is 9.53 Å². The minimum atomic E-state index is -0.731. The third-order valence-corrected chi connectivity index (χ3v) is 3.20. The fourth-order valence-electron chi connectivity index (χ4n) is 1.95. The molecule has 8 heteroatoms. The summed E-state index contributed by atoms with van der Waals surface area (Å²) in [6, 6.07) is 7.99. The van der Waals surface area contributed by atoms with E-state index < -0.39 is 17.6 Å². The number of hydrogen-bond donors (Lipinski definition) is 2. The molecule has 0 atom stereocenters. The zero-order valence-electron chi connectivity index (χ0n) is 15.9. The maximum atomic E-state index is 12.3. The molecule has 3 N–H and O–H groups in total. The molecule has 0 heterocycles. The van der Waals surface area contributed by atoms with Crippen molar-refractivity contribution in [2.75, 3.05) is 18.4 Å². The molecule has 0 aliphatic rings. The van der Waals surface area contributed by atoms with Crippen LogP contribution in [0, 0.1) is 11.3 Å². The Morgan fingerprint density at radius 2 is 1.85 bits per heavy atom. The van der Waals surface area contributed by atoms with Crippen LogP contribution in [0.1, 0.15) is 38.1 Å². The van der Waals surface area contributed by atoms with E-state index in [1.807, 2.05) is 0 Å². The summed E-state index contributed by atoms with van der Waals surface area (Å²) >= 11 is 0. The Morgan fingerprint density at radius 3 is 2.30 bits per heavy atom. The predicted octanol–water partition coefficient (Wildman–Crippen LogP) is 2.43. The molecule has 0 fully saturated rings. The lowest BCUT2D eigenvalue weighted by Crippen LogP contribution is -2.37. The molecule has 0 aliphatic heterocycles. The lowest BCUT2D eigenvalue weighted by Gasteiger charge is -2.25. The van der Waals surface area contributed by atoms with E-state index in [4.69, 9.17) is 10.5 Å². The third-order valence-electron chi connectivity index (χ3n) is 3.20. The Labute approximate surface area is 158 Å². The van der Waals surface area contributed by atoms with E-state index in [9.17, 15) is 19.6 Å². The molecular weight excluding hydrogens is 348 g/mol. The van der Waals surface area contributed by atoms with Gasteiger partial charge >= 0.3 is 6.09 Å². The zero-order chi connectivity index (χ0) is 20.6. The van der Waals surface area contributed by atoms with E-state index in [0.717, 1.165) is 11.1 Å². The molecule has 0 radical (unpaired) electrons. The number of nitrogens with two attached hydrogens (primary N) is 1. The number of ketones is 1. The number of nitrogens with zero attached hydrogens (tertiary/aromatic N) is 2. The van der Waals surface area contributed by atoms with Crippen molar-refractivity contribution in [3.05, 3.63) is 41.6 Å². The Kier molecular flexibility index (Phi) is 7.69. The fourth-order valence-corrected chi connectivity index (χ4v) is 1.95. The molecular formula is C19H24N4O4. The number of nitrogens with one attached hydrogen (secondary N) is 1. The molecule has 1 aromatic rings. The lowest BCUT2D eigenvalue weighted by molar-refractivity contribution is -0.112. The number of benzene rings is 1. The van der Waals surface area contributed by atoms with Gasteiger partial charge in [0.25, 0.3) is 5.91 Å². The van der Waals surface area contributed by atoms with Crippen LogP contribution in [0.3, 0.4) is 0 Å². The minimum absolute atomic E-state index is 0.0840. The highest BCUT2D eigenvalue weighted by molar-refractivity contribution is 6.07. The summed E-state index contributed by atoms with van der Waals surface area (Å²) in [4.78, 5) is 36.9. The summed E-state index contributed by atoms with van der Waals surface area (Å²) in [7, 11) is 0. The second kappa shape index (κ2) is 9.50. The third kappa shape index (κ3) is 7.30. The number of carbonyl (C=O) groups excluding carboxylic acids is 3. The van der Waals surface area contributed by atoms with E-state index in [2.05, 4.69) is 5.32 Å². The van der Waals surface area contributed by atoms with Gasteiger partial charge in [-0.1, -0.05) is 0 Å². The van der Waals surface area contributed by atoms with Gasteiger partial charge in [0.05, 0.1) is 0 Å². The summed E-state index contributed by atoms with van der Waals surface area (Å²) in [5.74, 6) is -0.793. The molecule has 2 amide bonds. The standard InChI is InChI=1S/C19H24N4O4/c1-13(24)14-5-7-16(8-6-14)22-17(25)15(11-21)12-23(10-9-20)18(26)27-19(2,3)4/h5-8,12H,9-10,20H2,1-4H3,(H,22,25)/b15-12-. The van der Waals surface area contributed by atoms with E-state index in [1.54, 1.807) is 51.1 Å². The van der Waals surface area contributed by atoms with E-state index in [0.29, 0.717) is 11.3 Å². The number of amides is 2. The molecule has 0 unspecified atom stereocenters. The number of hydrogen-bond acceptors (Lipinski definition) is 6. The summed E-state index contributed by atoms with van der Waals surface area (Å²) in [6.45, 7) is 6.77. The first-order valence-corrected chi connectivity index (χ1v) is 8.31. The SMILES string of the molecule is CC(=O)c1ccc(NC(=O)/C(C#N)=C\N(CCN)C(=O)OC(C)(C)C)cc1. The van der Waals surface area contributed by atoms with Crippen LogP contribution in [0.5, 0.6) is 0 Å². The van der Waals surface area contributed by atoms with Crippen molar-refractivity contribution < 1.29 is 19.1 Å². The summed E-state index contributed by atoms with van der Waals surface area (Å²) in [5.41, 5.74) is 5.39. The first kappa shape index (κ1) is 21.9. The van der Waals surface area contributed by atoms with Gasteiger partial charge in [0.15, 0.2) is 5.78 Å². The van der Waals surface area contributed by atoms with Crippen molar-refractivity contribution in [2.45, 2.75) is 33.3 Å². The van der Waals surface area contributed by atoms with Gasteiger partial charge in [-0.05, 0) is 52.0 Å². The normalized spacial score (nSPS) is 11.3. The van der Waals surface area contributed by atoms with Gasteiger partial charge in [-0.2, -0.15) is 5.26 Å². The van der Waals surface area contributed by atoms with Crippen molar-refractivity contribution in [3.63, 3.8) is 0 Å². The van der Waals surface area contributed by atoms with E-state index >= 15 is 0 Å². The molecule has 144 valence electrons. The monoisotopic (exact) mass is 372 g/mol. The summed E-state index contributed by atoms with van der Waals surface area (Å²) in [5, 5.41) is 11.8. The average molecular weight is 372 g/mol. The number of anilines is 1. The highest BCUT2D eigenvalue weighted by Gasteiger charge is 2.22. The van der Waals surface area contributed by atoms with Crippen LogP contribution in [0.25, 0.3) is 0 Å². The first-order valence-electron chi connectivity index (χ1n) is 8.31. The summed E-state index contributed by atoms with van der Waals surface area (Å²) in [6.07, 6.45) is 0.402. The van der Waals surface area contributed by atoms with Crippen molar-refractivity contribution in [2.24, 2.45) is 5.73 Å². The van der Waals surface area contributed by atoms with Crippen LogP contribution in [0.2, 0.25) is 0 Å². The highest BCUT2D eigenvalue weighted by Crippen LogP contribution is 2.13. The van der Waals surface area contributed by atoms with Gasteiger partial charge < -0.3 is 15.8 Å². The van der Waals surface area contributed by atoms with Crippen LogP contribution in [-0.4, -0.2) is 41.4 Å². The maximum Gasteiger partial charge on any atom is 0.414 e. The molecule has 1 rings (SSSR count). The fraction of sp³-hybridized carbons (Fsp3) is 0.368. The predicted molar refractivity (Wildman–Crippen MR) is 101 cm³/mol. The molecule has 0 saturated heterocycles. The molecule has 8 nitrogen and oxygen atoms in total. The molecule has 1 aromatic carbocycles. The van der Waals surface area contributed by atoms with Crippen LogP contribution < -0.4 is 11.1 Å². The Morgan fingerprint density at radius 1 is 1.26 bits per heavy atom. The topological polar surface area (TPSA) is 126 Å². The van der Waals surface area contributed by atoms with Crippen molar-refractivity contribution >= 4 is 23.5 Å². The van der Waals surface area contributed by atoms with Gasteiger partial charge in [-0.25, -0.2) is 4.79 Å². The Bertz CT molecular complexity index is 770. The molecule has 0 spiro atoms. The smallest absolute Gasteiger partial charge is 0.414 e. The molecule has 0 aliphatic carbocycles. The van der Waals surface area contributed by atoms with E-state index in [1.165, 1.54) is 6.92 Å². The number of nitriles is 1. The number of rotatable bonds is 6. The average Bonchev–Trinajstić information content (AvgIpc) is 2.57. The molecule has 27 heavy (non-hydrogen) atoms. The molecule has 0 aromatic heterocycles. The van der Waals surface area contributed by atoms with Gasteiger partial charge in [-0.3, -0.25) is 14.5 Å². The maximum absolute atomic E-state index is 12.3. The Balaban J connectivity index is 2.97. The van der Waals surface area contributed by atoms with Gasteiger partial charge in [0, 0.05) is 30.5 Å². The Hall–Kier alpha value is -3.18. The van der Waals surface area contributed by atoms with Crippen molar-refractivity contribution in [1.82, 2.24) is 4.90 Å². The van der Waals surface area contributed by atoms with Crippen LogP contribution in [0.15, 0.2) is 36.0 Å². The quantitative estimate of drug-likeness (QED) is 0.449. The van der Waals surface area contributed by atoms with Crippen molar-refractivity contribution in [3.8, 4) is 6.07 Å². The minimum Gasteiger partial charge on any atom is -0.443 e. The van der Waals surface area contributed by atoms with Crippen LogP contribution in [0.4, 0.5) is 10.5 Å². The lowest BCUT2D eigenvalue weighted by atomic mass is 10.1. The molecule has 0 bridgehead atoms. The number of Topliss-reactive ketones (excluding diaryl/α,β-unsaturated/α-hetero) is 1. The highest BCUT2D eigenvalue weighted by atomic mass is 16.6. The number of carbonyl (C=O) groups is 3. The van der Waals surface area contributed by atoms with Gasteiger partial charge in [0.1, 0.15) is 17.2 Å². The second-order valence-electron chi connectivity index (χ2n) is 6.70. The summed E-state index contributed by atoms with van der Waals surface area (Å²) < 4.78 is 5.25. The first-order chi connectivity index (χ1) is 12.6. The van der Waals surface area contributed by atoms with Gasteiger partial charge in [-0.15, -0.1) is 0 Å². The van der Waals surface area contributed by atoms with Crippen molar-refractivity contribution in [1.29, 1.82) is 5.26 Å².